The lowest BCUT2D eigenvalue weighted by Gasteiger charge is -2.20. The van der Waals surface area contributed by atoms with Gasteiger partial charge in [0, 0.05) is 12.8 Å². The monoisotopic (exact) mass is 986 g/mol. The zero-order valence-electron chi connectivity index (χ0n) is 47.3. The Kier molecular flexibility index (Phi) is 58.5. The molecule has 6 nitrogen and oxygen atoms in total. The van der Waals surface area contributed by atoms with Gasteiger partial charge in [-0.25, -0.2) is 0 Å². The molecule has 0 spiro atoms. The Labute approximate surface area is 437 Å². The molecule has 0 aliphatic carbocycles. The number of ether oxygens (including phenoxy) is 1. The summed E-state index contributed by atoms with van der Waals surface area (Å²) in [5, 5.41) is 23.1. The van der Waals surface area contributed by atoms with Crippen LogP contribution in [0.2, 0.25) is 0 Å². The number of carbonyl (C=O) groups is 2. The highest BCUT2D eigenvalue weighted by Crippen LogP contribution is 2.18. The molecule has 0 saturated carbocycles. The summed E-state index contributed by atoms with van der Waals surface area (Å²) in [5.74, 6) is -0.0585. The lowest BCUT2D eigenvalue weighted by atomic mass is 10.0. The van der Waals surface area contributed by atoms with Crippen LogP contribution >= 0.6 is 0 Å². The third kappa shape index (κ3) is 55.7. The Hall–Kier alpha value is -1.66. The van der Waals surface area contributed by atoms with Gasteiger partial charge in [0.1, 0.15) is 0 Å². The molecule has 0 fully saturated rings. The van der Waals surface area contributed by atoms with Crippen molar-refractivity contribution >= 4 is 11.9 Å². The molecule has 0 aliphatic rings. The van der Waals surface area contributed by atoms with E-state index >= 15 is 0 Å². The predicted molar refractivity (Wildman–Crippen MR) is 306 cm³/mol. The van der Waals surface area contributed by atoms with Gasteiger partial charge in [0.15, 0.2) is 0 Å². The van der Waals surface area contributed by atoms with Crippen LogP contribution in [0.5, 0.6) is 0 Å². The van der Waals surface area contributed by atoms with Gasteiger partial charge in [-0.2, -0.15) is 0 Å². The van der Waals surface area contributed by atoms with Crippen molar-refractivity contribution in [2.45, 2.75) is 360 Å². The maximum atomic E-state index is 12.5. The van der Waals surface area contributed by atoms with E-state index in [1.54, 1.807) is 6.08 Å². The zero-order chi connectivity index (χ0) is 50.7. The summed E-state index contributed by atoms with van der Waals surface area (Å²) >= 11 is 0. The van der Waals surface area contributed by atoms with Crippen LogP contribution in [0.3, 0.4) is 0 Å². The fraction of sp³-hybridized carbons (Fsp3) is 0.906. The topological polar surface area (TPSA) is 95.9 Å². The quantitative estimate of drug-likeness (QED) is 0.0321. The fourth-order valence-electron chi connectivity index (χ4n) is 9.87. The van der Waals surface area contributed by atoms with Gasteiger partial charge in [-0.1, -0.05) is 301 Å². The average Bonchev–Trinajstić information content (AvgIpc) is 3.36. The van der Waals surface area contributed by atoms with Gasteiger partial charge in [-0.3, -0.25) is 9.59 Å². The minimum atomic E-state index is -0.845. The maximum Gasteiger partial charge on any atom is 0.305 e. The number of nitrogens with one attached hydrogen (secondary N) is 1. The number of amides is 1. The molecular weight excluding hydrogens is 863 g/mol. The normalized spacial score (nSPS) is 12.7. The third-order valence-corrected chi connectivity index (χ3v) is 14.7. The van der Waals surface area contributed by atoms with Crippen molar-refractivity contribution in [1.82, 2.24) is 5.32 Å². The van der Waals surface area contributed by atoms with E-state index < -0.39 is 12.1 Å². The van der Waals surface area contributed by atoms with Crippen LogP contribution in [0.25, 0.3) is 0 Å². The number of unbranched alkanes of at least 4 members (excludes halogenated alkanes) is 46. The molecule has 0 bridgehead atoms. The van der Waals surface area contributed by atoms with Gasteiger partial charge in [-0.05, 0) is 57.8 Å². The molecule has 0 radical (unpaired) electrons. The second-order valence-corrected chi connectivity index (χ2v) is 21.7. The number of carbonyl (C=O) groups excluding carboxylic acids is 2. The summed E-state index contributed by atoms with van der Waals surface area (Å²) in [5.41, 5.74) is 0. The first-order valence-corrected chi connectivity index (χ1v) is 31.6. The van der Waals surface area contributed by atoms with E-state index in [4.69, 9.17) is 4.74 Å². The summed E-state index contributed by atoms with van der Waals surface area (Å²) in [6.45, 7) is 4.91. The van der Waals surface area contributed by atoms with Crippen LogP contribution in [-0.4, -0.2) is 47.4 Å². The van der Waals surface area contributed by atoms with Crippen molar-refractivity contribution < 1.29 is 24.5 Å². The molecular formula is C64H123NO5. The number of hydrogen-bond acceptors (Lipinski definition) is 5. The van der Waals surface area contributed by atoms with Gasteiger partial charge in [0.25, 0.3) is 0 Å². The number of aliphatic hydroxyl groups excluding tert-OH is 2. The number of aliphatic hydroxyl groups is 2. The van der Waals surface area contributed by atoms with E-state index in [1.807, 2.05) is 6.08 Å². The van der Waals surface area contributed by atoms with Crippen molar-refractivity contribution in [3.05, 3.63) is 24.3 Å². The standard InChI is InChI=1S/C64H123NO5/c1-3-5-7-9-11-13-15-17-19-20-23-27-30-34-38-42-46-50-54-58-64(69)70-59-55-51-47-43-39-35-31-28-25-22-21-24-26-29-33-37-41-45-49-53-57-63(68)65-61(60-66)62(67)56-52-48-44-40-36-32-18-16-14-12-10-8-6-4-2/h17,19,52,56,61-62,66-67H,3-16,18,20-51,53-55,57-60H2,1-2H3,(H,65,68)/b19-17-,56-52+. The SMILES string of the molecule is CCCCCCCC/C=C\CCCCCCCCCCCC(=O)OCCCCCCCCCCCCCCCCCCCCCCC(=O)NC(CO)C(O)/C=C/CCCCCCCCCCCCCC. The molecule has 0 aromatic rings. The number of esters is 1. The predicted octanol–water partition coefficient (Wildman–Crippen LogP) is 19.8. The van der Waals surface area contributed by atoms with Gasteiger partial charge >= 0.3 is 5.97 Å². The fourth-order valence-corrected chi connectivity index (χ4v) is 9.87. The Morgan fingerprint density at radius 3 is 1.01 bits per heavy atom. The maximum absolute atomic E-state index is 12.5. The van der Waals surface area contributed by atoms with E-state index in [-0.39, 0.29) is 18.5 Å². The van der Waals surface area contributed by atoms with Crippen LogP contribution in [-0.2, 0) is 14.3 Å². The minimum absolute atomic E-state index is 0.00992. The molecule has 3 N–H and O–H groups in total. The second kappa shape index (κ2) is 59.9. The Morgan fingerprint density at radius 2 is 0.671 bits per heavy atom. The van der Waals surface area contributed by atoms with Crippen LogP contribution in [0.1, 0.15) is 348 Å². The van der Waals surface area contributed by atoms with Crippen LogP contribution < -0.4 is 5.32 Å². The molecule has 0 saturated heterocycles. The van der Waals surface area contributed by atoms with Gasteiger partial charge < -0.3 is 20.3 Å². The summed E-state index contributed by atoms with van der Waals surface area (Å²) in [7, 11) is 0. The van der Waals surface area contributed by atoms with Crippen molar-refractivity contribution in [3.8, 4) is 0 Å². The van der Waals surface area contributed by atoms with Crippen molar-refractivity contribution in [3.63, 3.8) is 0 Å². The zero-order valence-corrected chi connectivity index (χ0v) is 47.3. The third-order valence-electron chi connectivity index (χ3n) is 14.7. The van der Waals surface area contributed by atoms with E-state index in [0.717, 1.165) is 44.9 Å². The first-order valence-electron chi connectivity index (χ1n) is 31.6. The number of rotatable bonds is 59. The first-order chi connectivity index (χ1) is 34.5. The van der Waals surface area contributed by atoms with E-state index in [2.05, 4.69) is 31.3 Å². The molecule has 1 amide bonds. The van der Waals surface area contributed by atoms with Crippen LogP contribution in [0, 0.1) is 0 Å². The molecule has 2 unspecified atom stereocenters. The summed E-state index contributed by atoms with van der Waals surface area (Å²) in [6.07, 6.45) is 73.6. The number of hydrogen-bond donors (Lipinski definition) is 3. The summed E-state index contributed by atoms with van der Waals surface area (Å²) < 4.78 is 5.50. The van der Waals surface area contributed by atoms with Gasteiger partial charge in [-0.15, -0.1) is 0 Å². The Bertz CT molecular complexity index is 1090. The molecule has 0 aliphatic heterocycles. The second-order valence-electron chi connectivity index (χ2n) is 21.7. The molecule has 70 heavy (non-hydrogen) atoms. The molecule has 0 aromatic carbocycles. The van der Waals surface area contributed by atoms with Crippen molar-refractivity contribution in [2.24, 2.45) is 0 Å². The van der Waals surface area contributed by atoms with Crippen molar-refractivity contribution in [2.75, 3.05) is 13.2 Å². The molecule has 0 heterocycles. The molecule has 6 heteroatoms. The van der Waals surface area contributed by atoms with Crippen LogP contribution in [0.4, 0.5) is 0 Å². The lowest BCUT2D eigenvalue weighted by Crippen LogP contribution is -2.45. The highest BCUT2D eigenvalue weighted by molar-refractivity contribution is 5.76. The Balaban J connectivity index is 3.39. The van der Waals surface area contributed by atoms with E-state index in [9.17, 15) is 19.8 Å². The summed E-state index contributed by atoms with van der Waals surface area (Å²) in [6, 6.07) is -0.629. The first kappa shape index (κ1) is 68.3. The molecule has 0 rings (SSSR count). The van der Waals surface area contributed by atoms with Gasteiger partial charge in [0.2, 0.25) is 5.91 Å². The minimum Gasteiger partial charge on any atom is -0.466 e. The van der Waals surface area contributed by atoms with E-state index in [1.165, 1.54) is 276 Å². The highest BCUT2D eigenvalue weighted by atomic mass is 16.5. The number of allylic oxidation sites excluding steroid dienone is 3. The van der Waals surface area contributed by atoms with Crippen molar-refractivity contribution in [1.29, 1.82) is 0 Å². The summed E-state index contributed by atoms with van der Waals surface area (Å²) in [4.78, 5) is 24.6. The highest BCUT2D eigenvalue weighted by Gasteiger charge is 2.18. The van der Waals surface area contributed by atoms with E-state index in [0.29, 0.717) is 19.4 Å². The molecule has 414 valence electrons. The van der Waals surface area contributed by atoms with Crippen LogP contribution in [0.15, 0.2) is 24.3 Å². The molecule has 2 atom stereocenters. The average molecular weight is 987 g/mol. The smallest absolute Gasteiger partial charge is 0.305 e. The molecule has 0 aromatic heterocycles. The Morgan fingerprint density at radius 1 is 0.386 bits per heavy atom. The largest absolute Gasteiger partial charge is 0.466 e. The van der Waals surface area contributed by atoms with Gasteiger partial charge in [0.05, 0.1) is 25.4 Å². The lowest BCUT2D eigenvalue weighted by molar-refractivity contribution is -0.143.